The van der Waals surface area contributed by atoms with E-state index in [2.05, 4.69) is 60.8 Å². The molecule has 0 spiro atoms. The van der Waals surface area contributed by atoms with E-state index >= 15 is 0 Å². The maximum Gasteiger partial charge on any atom is 0.410 e. The lowest BCUT2D eigenvalue weighted by molar-refractivity contribution is 0.0193. The second kappa shape index (κ2) is 28.0. The first kappa shape index (κ1) is 63.8. The highest BCUT2D eigenvalue weighted by molar-refractivity contribution is 6.41. The molecule has 87 heavy (non-hydrogen) atoms. The number of anilines is 2. The van der Waals surface area contributed by atoms with Gasteiger partial charge < -0.3 is 41.0 Å². The largest absolute Gasteiger partial charge is 0.444 e. The fourth-order valence-corrected chi connectivity index (χ4v) is 9.98. The SMILES string of the molecule is CC(C)(C)OC(=O)N1CCCC(Nc2nc(-c3cnc4ccc(F)cn34)ncc2Cl)C1.CC(C)(C)OC(=O)N1CCC[C@@H](N)C1.Fc1ccc2ncc(-c3ncc(Cl)c(Cl)n3)n2c1.Fc1ccc2ncc(-c3ncc(Cl)c(NC4CCCNC4)n3)n2c1. The Balaban J connectivity index is 0.000000144. The highest BCUT2D eigenvalue weighted by atomic mass is 35.5. The van der Waals surface area contributed by atoms with E-state index in [0.29, 0.717) is 92.8 Å². The van der Waals surface area contributed by atoms with Crippen molar-refractivity contribution in [2.24, 2.45) is 5.73 Å². The summed E-state index contributed by atoms with van der Waals surface area (Å²) in [7, 11) is 0. The number of aromatic nitrogens is 12. The number of carbonyl (C=O) groups excluding carboxylic acids is 2. The van der Waals surface area contributed by atoms with Crippen molar-refractivity contribution in [2.75, 3.05) is 49.9 Å². The molecule has 2 unspecified atom stereocenters. The number of nitrogens with zero attached hydrogens (tertiary/aromatic N) is 14. The predicted octanol–water partition coefficient (Wildman–Crippen LogP) is 11.7. The maximum absolute atomic E-state index is 13.7. The van der Waals surface area contributed by atoms with Crippen molar-refractivity contribution in [1.29, 1.82) is 0 Å². The van der Waals surface area contributed by atoms with Gasteiger partial charge in [-0.1, -0.05) is 46.4 Å². The summed E-state index contributed by atoms with van der Waals surface area (Å²) in [6, 6.07) is 9.16. The molecule has 29 heteroatoms. The number of ether oxygens (including phenoxy) is 2. The number of hydrogen-bond donors (Lipinski definition) is 4. The average molecular weight is 1280 g/mol. The molecule has 3 aliphatic heterocycles. The molecule has 0 radical (unpaired) electrons. The molecular formula is C58H65Cl4F3N18O4. The van der Waals surface area contributed by atoms with Crippen molar-refractivity contribution in [1.82, 2.24) is 73.2 Å². The van der Waals surface area contributed by atoms with E-state index in [1.807, 2.05) is 41.5 Å². The molecule has 22 nitrogen and oxygen atoms in total. The molecule has 9 aromatic heterocycles. The molecule has 3 saturated heterocycles. The van der Waals surface area contributed by atoms with Crippen molar-refractivity contribution >= 4 is 87.2 Å². The summed E-state index contributed by atoms with van der Waals surface area (Å²) in [5.41, 5.74) is 8.34. The monoisotopic (exact) mass is 1270 g/mol. The minimum absolute atomic E-state index is 0.0406. The van der Waals surface area contributed by atoms with Gasteiger partial charge in [0.15, 0.2) is 22.6 Å². The van der Waals surface area contributed by atoms with E-state index in [9.17, 15) is 22.8 Å². The van der Waals surface area contributed by atoms with Crippen LogP contribution in [0.1, 0.15) is 80.1 Å². The van der Waals surface area contributed by atoms with E-state index in [1.165, 1.54) is 49.2 Å². The average Bonchev–Trinajstić information content (AvgIpc) is 3.05. The number of piperidine rings is 3. The predicted molar refractivity (Wildman–Crippen MR) is 328 cm³/mol. The summed E-state index contributed by atoms with van der Waals surface area (Å²) >= 11 is 24.1. The van der Waals surface area contributed by atoms with Crippen LogP contribution in [0.2, 0.25) is 20.2 Å². The first-order chi connectivity index (χ1) is 41.4. The Morgan fingerprint density at radius 2 is 0.966 bits per heavy atom. The number of hydrogen-bond acceptors (Lipinski definition) is 17. The number of likely N-dealkylation sites (tertiary alicyclic amines) is 2. The Labute approximate surface area is 519 Å². The lowest BCUT2D eigenvalue weighted by Gasteiger charge is -2.34. The third kappa shape index (κ3) is 17.1. The Morgan fingerprint density at radius 3 is 1.39 bits per heavy atom. The van der Waals surface area contributed by atoms with Crippen molar-refractivity contribution in [2.45, 2.75) is 109 Å². The molecule has 3 atom stereocenters. The van der Waals surface area contributed by atoms with Gasteiger partial charge in [-0.15, -0.1) is 0 Å². The Kier molecular flexibility index (Phi) is 20.5. The van der Waals surface area contributed by atoms with Gasteiger partial charge in [0, 0.05) is 69.4 Å². The lowest BCUT2D eigenvalue weighted by atomic mass is 10.1. The standard InChI is InChI=1S/C21H24ClFN6O2.C16H16ClFN6.C11H5Cl2FN4.C10H20N2O2/c1-21(2,3)31-20(30)28-8-4-5-14(12-28)26-18-15(22)9-25-19(27-18)16-10-24-17-7-6-13(23)11-29(16)17;17-12-7-21-16(23-15(12)22-11-2-1-5-19-6-11)13-8-20-14-4-3-10(18)9-24(13)14;12-7-3-16-11(17-10(7)13)8-4-15-9-2-1-6(14)5-18(8)9;1-10(2,3)14-9(13)12-6-4-5-8(11)7-12/h6-7,9-11,14H,4-5,8,12H2,1-3H3,(H,25,26,27);3-4,7-9,11,19H,1-2,5-6H2,(H,21,22,23);1-5H;8H,4-7,11H2,1-3H3/t;;;8-/m...1/s1. The second-order valence-corrected chi connectivity index (χ2v) is 24.3. The van der Waals surface area contributed by atoms with Gasteiger partial charge in [0.2, 0.25) is 0 Å². The number of halogens is 7. The van der Waals surface area contributed by atoms with Crippen LogP contribution in [0.3, 0.4) is 0 Å². The molecule has 460 valence electrons. The van der Waals surface area contributed by atoms with Crippen LogP contribution in [0.4, 0.5) is 34.4 Å². The van der Waals surface area contributed by atoms with Gasteiger partial charge in [0.05, 0.1) is 42.2 Å². The Bertz CT molecular complexity index is 3870. The van der Waals surface area contributed by atoms with Gasteiger partial charge in [-0.25, -0.2) is 67.6 Å². The Morgan fingerprint density at radius 1 is 0.552 bits per heavy atom. The van der Waals surface area contributed by atoms with Crippen molar-refractivity contribution < 1.29 is 32.2 Å². The van der Waals surface area contributed by atoms with Crippen LogP contribution in [0, 0.1) is 17.5 Å². The third-order valence-corrected chi connectivity index (χ3v) is 14.7. The van der Waals surface area contributed by atoms with Gasteiger partial charge in [-0.2, -0.15) is 0 Å². The van der Waals surface area contributed by atoms with Crippen LogP contribution in [-0.2, 0) is 9.47 Å². The summed E-state index contributed by atoms with van der Waals surface area (Å²) < 4.78 is 56.0. The number of pyridine rings is 3. The van der Waals surface area contributed by atoms with Crippen molar-refractivity contribution in [3.8, 4) is 34.6 Å². The van der Waals surface area contributed by atoms with Gasteiger partial charge in [-0.3, -0.25) is 13.2 Å². The number of nitrogens with two attached hydrogens (primary N) is 1. The fourth-order valence-electron chi connectivity index (χ4n) is 9.46. The van der Waals surface area contributed by atoms with Crippen LogP contribution in [0.15, 0.2) is 92.2 Å². The molecule has 2 amide bonds. The molecule has 0 aliphatic carbocycles. The molecule has 3 aliphatic rings. The number of rotatable bonds is 7. The topological polar surface area (TPSA) is 250 Å². The summed E-state index contributed by atoms with van der Waals surface area (Å²) in [6.07, 6.45) is 18.5. The number of carbonyl (C=O) groups is 2. The van der Waals surface area contributed by atoms with Gasteiger partial charge in [0.25, 0.3) is 0 Å². The molecule has 3 fully saturated rings. The van der Waals surface area contributed by atoms with E-state index < -0.39 is 11.2 Å². The third-order valence-electron chi connectivity index (χ3n) is 13.4. The van der Waals surface area contributed by atoms with Gasteiger partial charge >= 0.3 is 12.2 Å². The van der Waals surface area contributed by atoms with Crippen LogP contribution in [0.5, 0.6) is 0 Å². The molecule has 9 aromatic rings. The minimum atomic E-state index is -0.546. The fraction of sp³-hybridized carbons (Fsp3) is 0.397. The number of imidazole rings is 3. The van der Waals surface area contributed by atoms with Gasteiger partial charge in [0.1, 0.15) is 84.4 Å². The first-order valence-corrected chi connectivity index (χ1v) is 29.5. The summed E-state index contributed by atoms with van der Waals surface area (Å²) in [6.45, 7) is 15.6. The minimum Gasteiger partial charge on any atom is -0.444 e. The highest BCUT2D eigenvalue weighted by Gasteiger charge is 2.29. The zero-order chi connectivity index (χ0) is 62.2. The van der Waals surface area contributed by atoms with Crippen LogP contribution >= 0.6 is 46.4 Å². The molecule has 0 bridgehead atoms. The lowest BCUT2D eigenvalue weighted by Crippen LogP contribution is -2.47. The normalized spacial score (nSPS) is 17.1. The molecule has 0 aromatic carbocycles. The molecule has 0 saturated carbocycles. The first-order valence-electron chi connectivity index (χ1n) is 28.0. The van der Waals surface area contributed by atoms with Gasteiger partial charge in [-0.05, 0) is 123 Å². The van der Waals surface area contributed by atoms with Crippen LogP contribution in [0.25, 0.3) is 51.5 Å². The van der Waals surface area contributed by atoms with Crippen LogP contribution in [-0.4, -0.2) is 149 Å². The maximum atomic E-state index is 13.7. The molecule has 12 heterocycles. The van der Waals surface area contributed by atoms with E-state index in [-0.39, 0.29) is 57.9 Å². The van der Waals surface area contributed by atoms with Crippen molar-refractivity contribution in [3.63, 3.8) is 0 Å². The number of amides is 2. The zero-order valence-corrected chi connectivity index (χ0v) is 51.5. The number of fused-ring (bicyclic) bond motifs is 3. The summed E-state index contributed by atoms with van der Waals surface area (Å²) in [5, 5.41) is 11.3. The highest BCUT2D eigenvalue weighted by Crippen LogP contribution is 2.29. The zero-order valence-electron chi connectivity index (χ0n) is 48.5. The molecule has 5 N–H and O–H groups in total. The van der Waals surface area contributed by atoms with E-state index in [4.69, 9.17) is 61.6 Å². The number of nitrogens with one attached hydrogen (secondary N) is 3. The van der Waals surface area contributed by atoms with Crippen LogP contribution < -0.4 is 21.7 Å². The quantitative estimate of drug-likeness (QED) is 0.108. The van der Waals surface area contributed by atoms with Crippen molar-refractivity contribution in [3.05, 3.63) is 130 Å². The van der Waals surface area contributed by atoms with E-state index in [0.717, 1.165) is 58.2 Å². The molecular weight excluding hydrogens is 1210 g/mol. The Hall–Kier alpha value is -7.68. The smallest absolute Gasteiger partial charge is 0.410 e. The molecule has 12 rings (SSSR count). The second-order valence-electron chi connectivity index (χ2n) is 22.7. The van der Waals surface area contributed by atoms with E-state index in [1.54, 1.807) is 66.0 Å². The summed E-state index contributed by atoms with van der Waals surface area (Å²) in [4.78, 5) is 65.8. The summed E-state index contributed by atoms with van der Waals surface area (Å²) in [5.74, 6) is 1.08.